The molecule has 26 heavy (non-hydrogen) atoms. The zero-order valence-corrected chi connectivity index (χ0v) is 16.3. The summed E-state index contributed by atoms with van der Waals surface area (Å²) in [7, 11) is 2.01. The molecule has 5 heteroatoms. The predicted octanol–water partition coefficient (Wildman–Crippen LogP) is 3.05. The van der Waals surface area contributed by atoms with Crippen LogP contribution in [0.5, 0.6) is 5.75 Å². The maximum atomic E-state index is 12.7. The molecule has 0 bridgehead atoms. The highest BCUT2D eigenvalue weighted by Crippen LogP contribution is 2.28. The van der Waals surface area contributed by atoms with Gasteiger partial charge in [0.15, 0.2) is 5.78 Å². The first-order valence-electron chi connectivity index (χ1n) is 9.36. The number of carbonyl (C=O) groups is 1. The van der Waals surface area contributed by atoms with E-state index >= 15 is 0 Å². The minimum absolute atomic E-state index is 0.217. The summed E-state index contributed by atoms with van der Waals surface area (Å²) in [6, 6.07) is 10.2. The van der Waals surface area contributed by atoms with Crippen LogP contribution in [0.25, 0.3) is 0 Å². The highest BCUT2D eigenvalue weighted by molar-refractivity contribution is 5.99. The number of rotatable bonds is 6. The van der Waals surface area contributed by atoms with E-state index in [-0.39, 0.29) is 5.78 Å². The Morgan fingerprint density at radius 1 is 1.12 bits per heavy atom. The number of nitrogens with zero attached hydrogens (tertiary/aromatic N) is 3. The molecule has 1 saturated heterocycles. The molecule has 0 atom stereocenters. The van der Waals surface area contributed by atoms with Crippen molar-refractivity contribution < 1.29 is 9.53 Å². The second-order valence-corrected chi connectivity index (χ2v) is 6.93. The minimum Gasteiger partial charge on any atom is -0.492 e. The van der Waals surface area contributed by atoms with Crippen molar-refractivity contribution in [3.63, 3.8) is 0 Å². The van der Waals surface area contributed by atoms with Gasteiger partial charge in [0.1, 0.15) is 5.75 Å². The van der Waals surface area contributed by atoms with Crippen molar-refractivity contribution in [1.29, 1.82) is 0 Å². The van der Waals surface area contributed by atoms with Crippen molar-refractivity contribution in [2.45, 2.75) is 20.8 Å². The van der Waals surface area contributed by atoms with E-state index in [1.54, 1.807) is 0 Å². The third-order valence-electron chi connectivity index (χ3n) is 5.32. The number of hydrogen-bond donors (Lipinski definition) is 0. The number of aryl methyl sites for hydroxylation is 1. The molecule has 1 fully saturated rings. The van der Waals surface area contributed by atoms with Gasteiger partial charge in [-0.25, -0.2) is 0 Å². The lowest BCUT2D eigenvalue weighted by molar-refractivity contribution is 0.0925. The molecule has 1 aromatic heterocycles. The van der Waals surface area contributed by atoms with Crippen LogP contribution in [0.2, 0.25) is 0 Å². The number of Topliss-reactive ketones (excluding diaryl/α,β-unsaturated/α-hetero) is 1. The second kappa shape index (κ2) is 7.96. The quantitative estimate of drug-likeness (QED) is 0.747. The normalized spacial score (nSPS) is 15.3. The van der Waals surface area contributed by atoms with E-state index in [1.165, 1.54) is 0 Å². The number of para-hydroxylation sites is 2. The summed E-state index contributed by atoms with van der Waals surface area (Å²) >= 11 is 0. The molecular formula is C21H29N3O2. The highest BCUT2D eigenvalue weighted by Gasteiger charge is 2.23. The number of hydrogen-bond acceptors (Lipinski definition) is 4. The van der Waals surface area contributed by atoms with E-state index < -0.39 is 0 Å². The largest absolute Gasteiger partial charge is 0.492 e. The molecule has 0 N–H and O–H groups in total. The summed E-state index contributed by atoms with van der Waals surface area (Å²) in [4.78, 5) is 17.3. The third-order valence-corrected chi connectivity index (χ3v) is 5.32. The van der Waals surface area contributed by atoms with Crippen molar-refractivity contribution in [3.8, 4) is 5.75 Å². The van der Waals surface area contributed by atoms with Gasteiger partial charge in [-0.05, 0) is 39.0 Å². The Morgan fingerprint density at radius 3 is 2.42 bits per heavy atom. The van der Waals surface area contributed by atoms with E-state index in [9.17, 15) is 4.79 Å². The first-order valence-corrected chi connectivity index (χ1v) is 9.36. The van der Waals surface area contributed by atoms with Crippen molar-refractivity contribution >= 4 is 11.5 Å². The van der Waals surface area contributed by atoms with Gasteiger partial charge < -0.3 is 14.2 Å². The molecule has 1 aromatic carbocycles. The number of anilines is 1. The van der Waals surface area contributed by atoms with Crippen LogP contribution in [-0.4, -0.2) is 54.6 Å². The fourth-order valence-corrected chi connectivity index (χ4v) is 3.57. The van der Waals surface area contributed by atoms with Crippen LogP contribution in [0.3, 0.4) is 0 Å². The SMILES string of the molecule is CCOc1ccccc1N1CCN(CC(=O)c2cc(C)n(C)c2C)CC1. The summed E-state index contributed by atoms with van der Waals surface area (Å²) in [5, 5.41) is 0. The number of ether oxygens (including phenoxy) is 1. The second-order valence-electron chi connectivity index (χ2n) is 6.93. The van der Waals surface area contributed by atoms with Gasteiger partial charge in [-0.3, -0.25) is 9.69 Å². The number of aromatic nitrogens is 1. The van der Waals surface area contributed by atoms with Crippen LogP contribution in [0.4, 0.5) is 5.69 Å². The van der Waals surface area contributed by atoms with Crippen LogP contribution in [-0.2, 0) is 7.05 Å². The van der Waals surface area contributed by atoms with E-state index in [0.29, 0.717) is 13.2 Å². The number of piperazine rings is 1. The zero-order valence-electron chi connectivity index (χ0n) is 16.3. The Morgan fingerprint density at radius 2 is 1.81 bits per heavy atom. The van der Waals surface area contributed by atoms with Crippen LogP contribution >= 0.6 is 0 Å². The zero-order chi connectivity index (χ0) is 18.7. The summed E-state index contributed by atoms with van der Waals surface area (Å²) in [6.45, 7) is 10.8. The average Bonchev–Trinajstić information content (AvgIpc) is 2.91. The lowest BCUT2D eigenvalue weighted by Gasteiger charge is -2.36. The Labute approximate surface area is 156 Å². The fourth-order valence-electron chi connectivity index (χ4n) is 3.57. The first-order chi connectivity index (χ1) is 12.5. The molecule has 0 unspecified atom stereocenters. The Kier molecular flexibility index (Phi) is 5.67. The van der Waals surface area contributed by atoms with E-state index in [2.05, 4.69) is 20.4 Å². The fraction of sp³-hybridized carbons (Fsp3) is 0.476. The molecule has 3 rings (SSSR count). The maximum Gasteiger partial charge on any atom is 0.178 e. The van der Waals surface area contributed by atoms with Crippen LogP contribution in [0.15, 0.2) is 30.3 Å². The van der Waals surface area contributed by atoms with E-state index in [4.69, 9.17) is 4.74 Å². The standard InChI is InChI=1S/C21H29N3O2/c1-5-26-21-9-7-6-8-19(21)24-12-10-23(11-13-24)15-20(25)18-14-16(2)22(4)17(18)3/h6-9,14H,5,10-13,15H2,1-4H3. The summed E-state index contributed by atoms with van der Waals surface area (Å²) in [5.41, 5.74) is 4.18. The molecule has 0 spiro atoms. The van der Waals surface area contributed by atoms with Gasteiger partial charge in [0.25, 0.3) is 0 Å². The molecule has 1 aliphatic heterocycles. The monoisotopic (exact) mass is 355 g/mol. The smallest absolute Gasteiger partial charge is 0.178 e. The molecule has 2 aromatic rings. The number of benzene rings is 1. The maximum absolute atomic E-state index is 12.7. The lowest BCUT2D eigenvalue weighted by atomic mass is 10.1. The first kappa shape index (κ1) is 18.5. The van der Waals surface area contributed by atoms with Crippen molar-refractivity contribution in [2.24, 2.45) is 7.05 Å². The van der Waals surface area contributed by atoms with Gasteiger partial charge >= 0.3 is 0 Å². The average molecular weight is 355 g/mol. The van der Waals surface area contributed by atoms with Gasteiger partial charge in [0.05, 0.1) is 18.8 Å². The molecule has 0 aliphatic carbocycles. The molecule has 0 saturated carbocycles. The topological polar surface area (TPSA) is 37.7 Å². The van der Waals surface area contributed by atoms with Crippen molar-refractivity contribution in [2.75, 3.05) is 44.2 Å². The summed E-state index contributed by atoms with van der Waals surface area (Å²) < 4.78 is 7.83. The van der Waals surface area contributed by atoms with Gasteiger partial charge in [0, 0.05) is 50.2 Å². The minimum atomic E-state index is 0.217. The highest BCUT2D eigenvalue weighted by atomic mass is 16.5. The molecular weight excluding hydrogens is 326 g/mol. The van der Waals surface area contributed by atoms with Crippen LogP contribution in [0.1, 0.15) is 28.7 Å². The Hall–Kier alpha value is -2.27. The molecule has 0 radical (unpaired) electrons. The van der Waals surface area contributed by atoms with Gasteiger partial charge in [-0.15, -0.1) is 0 Å². The number of ketones is 1. The van der Waals surface area contributed by atoms with Crippen LogP contribution in [0, 0.1) is 13.8 Å². The Bertz CT molecular complexity index is 774. The lowest BCUT2D eigenvalue weighted by Crippen LogP contribution is -2.48. The van der Waals surface area contributed by atoms with Crippen molar-refractivity contribution in [3.05, 3.63) is 47.3 Å². The van der Waals surface area contributed by atoms with Gasteiger partial charge in [-0.1, -0.05) is 12.1 Å². The van der Waals surface area contributed by atoms with Crippen molar-refractivity contribution in [1.82, 2.24) is 9.47 Å². The van der Waals surface area contributed by atoms with Gasteiger partial charge in [-0.2, -0.15) is 0 Å². The molecule has 0 amide bonds. The third kappa shape index (κ3) is 3.78. The Balaban J connectivity index is 1.60. The number of carbonyl (C=O) groups excluding carboxylic acids is 1. The molecule has 1 aliphatic rings. The van der Waals surface area contributed by atoms with E-state index in [0.717, 1.165) is 54.6 Å². The molecule has 2 heterocycles. The summed E-state index contributed by atoms with van der Waals surface area (Å²) in [5.74, 6) is 1.16. The molecule has 5 nitrogen and oxygen atoms in total. The predicted molar refractivity (Wildman–Crippen MR) is 105 cm³/mol. The van der Waals surface area contributed by atoms with Gasteiger partial charge in [0.2, 0.25) is 0 Å². The summed E-state index contributed by atoms with van der Waals surface area (Å²) in [6.07, 6.45) is 0. The van der Waals surface area contributed by atoms with Crippen LogP contribution < -0.4 is 9.64 Å². The molecule has 140 valence electrons. The van der Waals surface area contributed by atoms with E-state index in [1.807, 2.05) is 52.1 Å².